The molecule has 2 aromatic carbocycles. The number of hydrogen-bond acceptors (Lipinski definition) is 3. The van der Waals surface area contributed by atoms with E-state index in [0.717, 1.165) is 23.3 Å². The lowest BCUT2D eigenvalue weighted by Gasteiger charge is -2.02. The second-order valence-electron chi connectivity index (χ2n) is 4.96. The van der Waals surface area contributed by atoms with Gasteiger partial charge >= 0.3 is 0 Å². The number of rotatable bonds is 6. The van der Waals surface area contributed by atoms with Crippen LogP contribution in [0.2, 0.25) is 0 Å². The molecule has 0 fully saturated rings. The van der Waals surface area contributed by atoms with E-state index in [1.54, 1.807) is 22.6 Å². The number of para-hydroxylation sites is 1. The Morgan fingerprint density at radius 3 is 2.48 bits per heavy atom. The number of carbonyl (C=O) groups excluding carboxylic acids is 1. The lowest BCUT2D eigenvalue weighted by molar-refractivity contribution is 0.112. The Labute approximate surface area is 139 Å². The second-order valence-corrected chi connectivity index (χ2v) is 6.05. The van der Waals surface area contributed by atoms with E-state index in [-0.39, 0.29) is 0 Å². The molecular formula is C19H16N2OS. The lowest BCUT2D eigenvalue weighted by Crippen LogP contribution is -1.93. The SMILES string of the molecule is C=CCSc1ccc(-c2nn(-c3ccccc3)cc2C=O)cc1. The number of benzene rings is 2. The van der Waals surface area contributed by atoms with Gasteiger partial charge in [0.1, 0.15) is 5.69 Å². The van der Waals surface area contributed by atoms with Gasteiger partial charge in [0.05, 0.1) is 11.3 Å². The number of carbonyl (C=O) groups is 1. The van der Waals surface area contributed by atoms with Crippen LogP contribution >= 0.6 is 11.8 Å². The summed E-state index contributed by atoms with van der Waals surface area (Å²) in [5.74, 6) is 0.877. The van der Waals surface area contributed by atoms with Crippen molar-refractivity contribution in [2.45, 2.75) is 4.90 Å². The quantitative estimate of drug-likeness (QED) is 0.377. The van der Waals surface area contributed by atoms with Crippen LogP contribution in [0.4, 0.5) is 0 Å². The van der Waals surface area contributed by atoms with Gasteiger partial charge in [-0.15, -0.1) is 18.3 Å². The average Bonchev–Trinajstić information content (AvgIpc) is 3.05. The maximum absolute atomic E-state index is 11.4. The van der Waals surface area contributed by atoms with Crippen LogP contribution < -0.4 is 0 Å². The predicted molar refractivity (Wildman–Crippen MR) is 95.3 cm³/mol. The minimum absolute atomic E-state index is 0.584. The van der Waals surface area contributed by atoms with Crippen LogP contribution in [0, 0.1) is 0 Å². The van der Waals surface area contributed by atoms with Gasteiger partial charge in [0, 0.05) is 22.4 Å². The summed E-state index contributed by atoms with van der Waals surface area (Å²) in [5.41, 5.74) is 3.15. The van der Waals surface area contributed by atoms with Crippen molar-refractivity contribution in [3.8, 4) is 16.9 Å². The van der Waals surface area contributed by atoms with Gasteiger partial charge in [-0.1, -0.05) is 36.4 Å². The highest BCUT2D eigenvalue weighted by atomic mass is 32.2. The van der Waals surface area contributed by atoms with Crippen LogP contribution in [-0.2, 0) is 0 Å². The topological polar surface area (TPSA) is 34.9 Å². The zero-order valence-corrected chi connectivity index (χ0v) is 13.4. The summed E-state index contributed by atoms with van der Waals surface area (Å²) in [4.78, 5) is 12.6. The summed E-state index contributed by atoms with van der Waals surface area (Å²) in [7, 11) is 0. The van der Waals surface area contributed by atoms with Crippen LogP contribution in [0.1, 0.15) is 10.4 Å². The van der Waals surface area contributed by atoms with E-state index in [1.807, 2.05) is 60.7 Å². The Morgan fingerprint density at radius 2 is 1.83 bits per heavy atom. The first-order chi connectivity index (χ1) is 11.3. The molecule has 1 aromatic heterocycles. The minimum atomic E-state index is 0.584. The fourth-order valence-corrected chi connectivity index (χ4v) is 2.91. The van der Waals surface area contributed by atoms with E-state index < -0.39 is 0 Å². The third-order valence-corrected chi connectivity index (χ3v) is 4.39. The maximum atomic E-state index is 11.4. The molecule has 0 aliphatic carbocycles. The molecule has 0 atom stereocenters. The van der Waals surface area contributed by atoms with Crippen molar-refractivity contribution < 1.29 is 4.79 Å². The van der Waals surface area contributed by atoms with Crippen molar-refractivity contribution in [2.75, 3.05) is 5.75 Å². The van der Waals surface area contributed by atoms with E-state index in [4.69, 9.17) is 0 Å². The molecule has 0 radical (unpaired) electrons. The van der Waals surface area contributed by atoms with Crippen molar-refractivity contribution in [2.24, 2.45) is 0 Å². The largest absolute Gasteiger partial charge is 0.298 e. The van der Waals surface area contributed by atoms with Gasteiger partial charge in [-0.2, -0.15) is 5.10 Å². The fraction of sp³-hybridized carbons (Fsp3) is 0.0526. The molecule has 0 unspecified atom stereocenters. The summed E-state index contributed by atoms with van der Waals surface area (Å²) < 4.78 is 1.74. The molecule has 0 aliphatic heterocycles. The third kappa shape index (κ3) is 3.43. The standard InChI is InChI=1S/C19H16N2OS/c1-2-12-23-18-10-8-15(9-11-18)19-16(14-22)13-21(20-19)17-6-4-3-5-7-17/h2-11,13-14H,1,12H2. The summed E-state index contributed by atoms with van der Waals surface area (Å²) >= 11 is 1.72. The van der Waals surface area contributed by atoms with Gasteiger partial charge in [-0.3, -0.25) is 4.79 Å². The van der Waals surface area contributed by atoms with Gasteiger partial charge in [0.15, 0.2) is 6.29 Å². The monoisotopic (exact) mass is 320 g/mol. The van der Waals surface area contributed by atoms with E-state index >= 15 is 0 Å². The van der Waals surface area contributed by atoms with E-state index in [2.05, 4.69) is 11.7 Å². The summed E-state index contributed by atoms with van der Waals surface area (Å²) in [6.45, 7) is 3.72. The van der Waals surface area contributed by atoms with Crippen molar-refractivity contribution >= 4 is 18.0 Å². The van der Waals surface area contributed by atoms with Gasteiger partial charge < -0.3 is 0 Å². The normalized spacial score (nSPS) is 10.4. The van der Waals surface area contributed by atoms with Crippen molar-refractivity contribution in [3.05, 3.63) is 79.0 Å². The van der Waals surface area contributed by atoms with Crippen LogP contribution in [-0.4, -0.2) is 21.8 Å². The number of aldehydes is 1. The maximum Gasteiger partial charge on any atom is 0.153 e. The molecule has 114 valence electrons. The Bertz CT molecular complexity index is 807. The van der Waals surface area contributed by atoms with Gasteiger partial charge in [0.25, 0.3) is 0 Å². The summed E-state index contributed by atoms with van der Waals surface area (Å²) in [5, 5.41) is 4.58. The lowest BCUT2D eigenvalue weighted by atomic mass is 10.1. The molecule has 0 spiro atoms. The Hall–Kier alpha value is -2.59. The van der Waals surface area contributed by atoms with Crippen LogP contribution in [0.3, 0.4) is 0 Å². The number of aromatic nitrogens is 2. The Kier molecular flexibility index (Phi) is 4.74. The van der Waals surface area contributed by atoms with E-state index in [1.165, 1.54) is 4.90 Å². The van der Waals surface area contributed by atoms with Gasteiger partial charge in [0.2, 0.25) is 0 Å². The molecule has 3 nitrogen and oxygen atoms in total. The molecule has 23 heavy (non-hydrogen) atoms. The highest BCUT2D eigenvalue weighted by Gasteiger charge is 2.11. The minimum Gasteiger partial charge on any atom is -0.298 e. The zero-order chi connectivity index (χ0) is 16.1. The van der Waals surface area contributed by atoms with Crippen molar-refractivity contribution in [1.82, 2.24) is 9.78 Å². The highest BCUT2D eigenvalue weighted by Crippen LogP contribution is 2.26. The average molecular weight is 320 g/mol. The molecule has 0 saturated carbocycles. The summed E-state index contributed by atoms with van der Waals surface area (Å²) in [6.07, 6.45) is 4.49. The highest BCUT2D eigenvalue weighted by molar-refractivity contribution is 7.99. The first-order valence-corrected chi connectivity index (χ1v) is 8.25. The van der Waals surface area contributed by atoms with E-state index in [9.17, 15) is 4.79 Å². The number of hydrogen-bond donors (Lipinski definition) is 0. The molecule has 3 aromatic rings. The molecule has 0 amide bonds. The smallest absolute Gasteiger partial charge is 0.153 e. The zero-order valence-electron chi connectivity index (χ0n) is 12.6. The third-order valence-electron chi connectivity index (χ3n) is 3.39. The molecule has 0 aliphatic rings. The van der Waals surface area contributed by atoms with Crippen LogP contribution in [0.15, 0.2) is 78.3 Å². The first-order valence-electron chi connectivity index (χ1n) is 7.26. The van der Waals surface area contributed by atoms with Crippen LogP contribution in [0.5, 0.6) is 0 Å². The molecule has 1 heterocycles. The Balaban J connectivity index is 1.94. The number of thioether (sulfide) groups is 1. The molecule has 3 rings (SSSR count). The van der Waals surface area contributed by atoms with Gasteiger partial charge in [-0.05, 0) is 24.3 Å². The van der Waals surface area contributed by atoms with Gasteiger partial charge in [-0.25, -0.2) is 4.68 Å². The van der Waals surface area contributed by atoms with Crippen LogP contribution in [0.25, 0.3) is 16.9 Å². The molecule has 4 heteroatoms. The molecular weight excluding hydrogens is 304 g/mol. The molecule has 0 bridgehead atoms. The molecule has 0 N–H and O–H groups in total. The predicted octanol–water partition coefficient (Wildman–Crippen LogP) is 4.63. The molecule has 0 saturated heterocycles. The van der Waals surface area contributed by atoms with E-state index in [0.29, 0.717) is 11.3 Å². The fourth-order valence-electron chi connectivity index (χ4n) is 2.28. The van der Waals surface area contributed by atoms with Crippen molar-refractivity contribution in [1.29, 1.82) is 0 Å². The second kappa shape index (κ2) is 7.11. The van der Waals surface area contributed by atoms with Crippen molar-refractivity contribution in [3.63, 3.8) is 0 Å². The first kappa shape index (κ1) is 15.3. The summed E-state index contributed by atoms with van der Waals surface area (Å²) in [6, 6.07) is 17.8. The Morgan fingerprint density at radius 1 is 1.09 bits per heavy atom. The number of nitrogens with zero attached hydrogens (tertiary/aromatic N) is 2.